The zero-order chi connectivity index (χ0) is 13.7. The van der Waals surface area contributed by atoms with Gasteiger partial charge in [-0.1, -0.05) is 0 Å². The normalized spacial score (nSPS) is 12.2. The molecule has 0 aromatic carbocycles. The van der Waals surface area contributed by atoms with Crippen LogP contribution in [0, 0.1) is 0 Å². The molecule has 0 fully saturated rings. The molecule has 0 bridgehead atoms. The third-order valence-electron chi connectivity index (χ3n) is 2.81. The molecule has 5 heteroatoms. The Kier molecular flexibility index (Phi) is 4.76. The van der Waals surface area contributed by atoms with Gasteiger partial charge in [-0.15, -0.1) is 11.3 Å². The number of nitrogens with zero attached hydrogens (tertiary/aromatic N) is 1. The average molecular weight is 278 g/mol. The molecule has 1 unspecified atom stereocenters. The highest BCUT2D eigenvalue weighted by Gasteiger charge is 2.18. The summed E-state index contributed by atoms with van der Waals surface area (Å²) < 4.78 is 10.9. The SMILES string of the molecule is CCOc1cncc(C(NC)c2sccc2OC)c1. The number of pyridine rings is 1. The fraction of sp³-hybridized carbons (Fsp3) is 0.357. The van der Waals surface area contributed by atoms with Crippen molar-refractivity contribution in [2.45, 2.75) is 13.0 Å². The number of rotatable bonds is 6. The summed E-state index contributed by atoms with van der Waals surface area (Å²) in [4.78, 5) is 5.38. The molecule has 0 aliphatic heterocycles. The third-order valence-corrected chi connectivity index (χ3v) is 3.77. The molecule has 4 nitrogen and oxygen atoms in total. The van der Waals surface area contributed by atoms with Crippen molar-refractivity contribution in [3.63, 3.8) is 0 Å². The molecule has 0 radical (unpaired) electrons. The summed E-state index contributed by atoms with van der Waals surface area (Å²) in [5, 5.41) is 5.33. The van der Waals surface area contributed by atoms with Crippen molar-refractivity contribution in [1.82, 2.24) is 10.3 Å². The molecule has 0 saturated heterocycles. The van der Waals surface area contributed by atoms with Gasteiger partial charge in [-0.2, -0.15) is 0 Å². The first-order chi connectivity index (χ1) is 9.30. The maximum atomic E-state index is 5.50. The van der Waals surface area contributed by atoms with E-state index in [1.165, 1.54) is 0 Å². The molecule has 1 N–H and O–H groups in total. The molecule has 102 valence electrons. The Morgan fingerprint density at radius 1 is 1.42 bits per heavy atom. The minimum absolute atomic E-state index is 0.0582. The number of aromatic nitrogens is 1. The van der Waals surface area contributed by atoms with Crippen molar-refractivity contribution in [2.75, 3.05) is 20.8 Å². The number of hydrogen-bond donors (Lipinski definition) is 1. The summed E-state index contributed by atoms with van der Waals surface area (Å²) in [7, 11) is 3.62. The highest BCUT2D eigenvalue weighted by Crippen LogP contribution is 2.35. The highest BCUT2D eigenvalue weighted by atomic mass is 32.1. The summed E-state index contributed by atoms with van der Waals surface area (Å²) >= 11 is 1.66. The van der Waals surface area contributed by atoms with Gasteiger partial charge >= 0.3 is 0 Å². The van der Waals surface area contributed by atoms with Crippen LogP contribution in [-0.2, 0) is 0 Å². The van der Waals surface area contributed by atoms with Crippen molar-refractivity contribution >= 4 is 11.3 Å². The predicted octanol–water partition coefficient (Wildman–Crippen LogP) is 2.86. The molecule has 0 saturated carbocycles. The number of thiophene rings is 1. The lowest BCUT2D eigenvalue weighted by molar-refractivity contribution is 0.338. The summed E-state index contributed by atoms with van der Waals surface area (Å²) in [6, 6.07) is 4.05. The summed E-state index contributed by atoms with van der Waals surface area (Å²) in [5.41, 5.74) is 1.06. The van der Waals surface area contributed by atoms with E-state index in [0.717, 1.165) is 21.9 Å². The molecule has 0 aliphatic rings. The van der Waals surface area contributed by atoms with Gasteiger partial charge in [-0.05, 0) is 37.0 Å². The molecular weight excluding hydrogens is 260 g/mol. The van der Waals surface area contributed by atoms with E-state index in [1.807, 2.05) is 37.7 Å². The molecule has 2 rings (SSSR count). The molecule has 1 atom stereocenters. The first kappa shape index (κ1) is 13.8. The standard InChI is InChI=1S/C14H18N2O2S/c1-4-18-11-7-10(8-16-9-11)13(15-2)14-12(17-3)5-6-19-14/h5-9,13,15H,4H2,1-3H3. The van der Waals surface area contributed by atoms with Crippen molar-refractivity contribution in [2.24, 2.45) is 0 Å². The zero-order valence-electron chi connectivity index (χ0n) is 11.3. The predicted molar refractivity (Wildman–Crippen MR) is 77.2 cm³/mol. The minimum Gasteiger partial charge on any atom is -0.496 e. The van der Waals surface area contributed by atoms with Crippen LogP contribution in [0.5, 0.6) is 11.5 Å². The van der Waals surface area contributed by atoms with Gasteiger partial charge in [0, 0.05) is 6.20 Å². The average Bonchev–Trinajstić information content (AvgIpc) is 2.89. The van der Waals surface area contributed by atoms with Crippen molar-refractivity contribution < 1.29 is 9.47 Å². The first-order valence-corrected chi connectivity index (χ1v) is 7.04. The van der Waals surface area contributed by atoms with E-state index in [0.29, 0.717) is 6.61 Å². The van der Waals surface area contributed by atoms with Crippen LogP contribution < -0.4 is 14.8 Å². The maximum absolute atomic E-state index is 5.50. The lowest BCUT2D eigenvalue weighted by Crippen LogP contribution is -2.17. The Labute approximate surface area is 117 Å². The molecule has 19 heavy (non-hydrogen) atoms. The van der Waals surface area contributed by atoms with Crippen LogP contribution in [0.3, 0.4) is 0 Å². The molecule has 2 aromatic rings. The lowest BCUT2D eigenvalue weighted by atomic mass is 10.1. The van der Waals surface area contributed by atoms with Gasteiger partial charge in [0.05, 0.1) is 30.8 Å². The van der Waals surface area contributed by atoms with Crippen LogP contribution in [0.2, 0.25) is 0 Å². The smallest absolute Gasteiger partial charge is 0.137 e. The lowest BCUT2D eigenvalue weighted by Gasteiger charge is -2.17. The van der Waals surface area contributed by atoms with Crippen LogP contribution in [0.25, 0.3) is 0 Å². The topological polar surface area (TPSA) is 43.4 Å². The Bertz CT molecular complexity index is 528. The summed E-state index contributed by atoms with van der Waals surface area (Å²) in [6.07, 6.45) is 3.58. The van der Waals surface area contributed by atoms with E-state index in [4.69, 9.17) is 9.47 Å². The molecule has 0 aliphatic carbocycles. The van der Waals surface area contributed by atoms with Gasteiger partial charge in [0.2, 0.25) is 0 Å². The number of ether oxygens (including phenoxy) is 2. The van der Waals surface area contributed by atoms with E-state index in [2.05, 4.69) is 10.3 Å². The minimum atomic E-state index is 0.0582. The molecule has 2 heterocycles. The van der Waals surface area contributed by atoms with Crippen LogP contribution in [0.4, 0.5) is 0 Å². The molecular formula is C14H18N2O2S. The number of methoxy groups -OCH3 is 1. The summed E-state index contributed by atoms with van der Waals surface area (Å²) in [6.45, 7) is 2.60. The molecule has 2 aromatic heterocycles. The fourth-order valence-corrected chi connectivity index (χ4v) is 2.97. The van der Waals surface area contributed by atoms with Gasteiger partial charge in [-0.25, -0.2) is 0 Å². The van der Waals surface area contributed by atoms with E-state index in [-0.39, 0.29) is 6.04 Å². The van der Waals surface area contributed by atoms with Crippen molar-refractivity contribution in [3.8, 4) is 11.5 Å². The number of nitrogens with one attached hydrogen (secondary N) is 1. The van der Waals surface area contributed by atoms with Gasteiger partial charge in [0.1, 0.15) is 11.5 Å². The highest BCUT2D eigenvalue weighted by molar-refractivity contribution is 7.10. The maximum Gasteiger partial charge on any atom is 0.137 e. The van der Waals surface area contributed by atoms with E-state index >= 15 is 0 Å². The van der Waals surface area contributed by atoms with Crippen LogP contribution in [0.1, 0.15) is 23.4 Å². The van der Waals surface area contributed by atoms with Crippen molar-refractivity contribution in [3.05, 3.63) is 40.3 Å². The second kappa shape index (κ2) is 6.54. The van der Waals surface area contributed by atoms with Gasteiger partial charge in [-0.3, -0.25) is 4.98 Å². The van der Waals surface area contributed by atoms with E-state index in [1.54, 1.807) is 24.6 Å². The fourth-order valence-electron chi connectivity index (χ4n) is 1.98. The van der Waals surface area contributed by atoms with Gasteiger partial charge in [0.15, 0.2) is 0 Å². The second-order valence-electron chi connectivity index (χ2n) is 3.96. The van der Waals surface area contributed by atoms with Crippen LogP contribution in [0.15, 0.2) is 29.9 Å². The Hall–Kier alpha value is -1.59. The zero-order valence-corrected chi connectivity index (χ0v) is 12.2. The third kappa shape index (κ3) is 3.05. The van der Waals surface area contributed by atoms with E-state index < -0.39 is 0 Å². The Morgan fingerprint density at radius 2 is 2.26 bits per heavy atom. The van der Waals surface area contributed by atoms with Crippen molar-refractivity contribution in [1.29, 1.82) is 0 Å². The first-order valence-electron chi connectivity index (χ1n) is 6.16. The van der Waals surface area contributed by atoms with Gasteiger partial charge in [0.25, 0.3) is 0 Å². The largest absolute Gasteiger partial charge is 0.496 e. The monoisotopic (exact) mass is 278 g/mol. The Morgan fingerprint density at radius 3 is 2.95 bits per heavy atom. The van der Waals surface area contributed by atoms with Gasteiger partial charge < -0.3 is 14.8 Å². The molecule has 0 amide bonds. The summed E-state index contributed by atoms with van der Waals surface area (Å²) in [5.74, 6) is 1.68. The Balaban J connectivity index is 2.34. The number of hydrogen-bond acceptors (Lipinski definition) is 5. The van der Waals surface area contributed by atoms with Crippen LogP contribution in [-0.4, -0.2) is 25.7 Å². The molecule has 0 spiro atoms. The quantitative estimate of drug-likeness (QED) is 0.882. The van der Waals surface area contributed by atoms with E-state index in [9.17, 15) is 0 Å². The van der Waals surface area contributed by atoms with Crippen LogP contribution >= 0.6 is 11.3 Å². The second-order valence-corrected chi connectivity index (χ2v) is 4.91.